The molecule has 2 N–H and O–H groups in total. The lowest BCUT2D eigenvalue weighted by Gasteiger charge is -2.17. The lowest BCUT2D eigenvalue weighted by Crippen LogP contribution is -2.32. The Labute approximate surface area is 113 Å². The summed E-state index contributed by atoms with van der Waals surface area (Å²) in [6, 6.07) is 10.3. The summed E-state index contributed by atoms with van der Waals surface area (Å²) in [6.07, 6.45) is 2.00. The molecule has 0 fully saturated rings. The maximum Gasteiger partial charge on any atom is 0.123 e. The molecular formula is C15H20N2S. The highest BCUT2D eigenvalue weighted by Crippen LogP contribution is 2.29. The molecule has 0 aliphatic heterocycles. The predicted molar refractivity (Wildman–Crippen MR) is 78.9 cm³/mol. The van der Waals surface area contributed by atoms with Gasteiger partial charge in [0.05, 0.1) is 5.69 Å². The topological polar surface area (TPSA) is 38.9 Å². The van der Waals surface area contributed by atoms with Gasteiger partial charge in [0.25, 0.3) is 0 Å². The third-order valence-corrected chi connectivity index (χ3v) is 4.18. The molecule has 0 aliphatic carbocycles. The summed E-state index contributed by atoms with van der Waals surface area (Å²) >= 11 is 1.79. The molecular weight excluding hydrogens is 240 g/mol. The zero-order valence-corrected chi connectivity index (χ0v) is 12.1. The van der Waals surface area contributed by atoms with Gasteiger partial charge in [-0.25, -0.2) is 4.98 Å². The van der Waals surface area contributed by atoms with Gasteiger partial charge in [0, 0.05) is 16.0 Å². The maximum atomic E-state index is 6.04. The van der Waals surface area contributed by atoms with Crippen molar-refractivity contribution in [2.45, 2.75) is 39.2 Å². The van der Waals surface area contributed by atoms with E-state index in [0.29, 0.717) is 0 Å². The second-order valence-corrected chi connectivity index (χ2v) is 6.47. The molecule has 0 spiro atoms. The molecule has 0 unspecified atom stereocenters. The molecule has 0 saturated heterocycles. The Morgan fingerprint density at radius 1 is 1.22 bits per heavy atom. The first-order valence-electron chi connectivity index (χ1n) is 6.26. The van der Waals surface area contributed by atoms with Crippen LogP contribution in [0, 0.1) is 6.92 Å². The predicted octanol–water partition coefficient (Wildman–Crippen LogP) is 3.79. The Bertz CT molecular complexity index is 509. The number of nitrogens with two attached hydrogens (primary N) is 1. The Hall–Kier alpha value is -1.19. The third kappa shape index (κ3) is 3.40. The van der Waals surface area contributed by atoms with Gasteiger partial charge in [-0.05, 0) is 33.6 Å². The number of aromatic nitrogens is 1. The summed E-state index contributed by atoms with van der Waals surface area (Å²) in [5.74, 6) is 0. The van der Waals surface area contributed by atoms with E-state index >= 15 is 0 Å². The van der Waals surface area contributed by atoms with Gasteiger partial charge in [-0.3, -0.25) is 0 Å². The van der Waals surface area contributed by atoms with Crippen LogP contribution in [-0.2, 0) is 6.42 Å². The van der Waals surface area contributed by atoms with E-state index < -0.39 is 0 Å². The van der Waals surface area contributed by atoms with Crippen molar-refractivity contribution in [1.29, 1.82) is 0 Å². The Morgan fingerprint density at radius 2 is 1.89 bits per heavy atom. The van der Waals surface area contributed by atoms with Crippen molar-refractivity contribution in [3.63, 3.8) is 0 Å². The van der Waals surface area contributed by atoms with E-state index in [1.165, 1.54) is 10.4 Å². The molecule has 2 nitrogen and oxygen atoms in total. The molecule has 0 aliphatic rings. The number of aryl methyl sites for hydroxylation is 2. The van der Waals surface area contributed by atoms with Crippen LogP contribution in [0.15, 0.2) is 30.3 Å². The molecule has 3 heteroatoms. The van der Waals surface area contributed by atoms with Crippen molar-refractivity contribution in [1.82, 2.24) is 4.98 Å². The van der Waals surface area contributed by atoms with Crippen LogP contribution in [0.1, 0.15) is 30.8 Å². The van der Waals surface area contributed by atoms with Gasteiger partial charge >= 0.3 is 0 Å². The summed E-state index contributed by atoms with van der Waals surface area (Å²) in [4.78, 5) is 6.01. The standard InChI is InChI=1S/C15H20N2S/c1-11-13(9-10-15(2,3)16)18-14(17-11)12-7-5-4-6-8-12/h4-8H,9-10,16H2,1-3H3. The smallest absolute Gasteiger partial charge is 0.123 e. The lowest BCUT2D eigenvalue weighted by atomic mass is 9.99. The van der Waals surface area contributed by atoms with Crippen molar-refractivity contribution >= 4 is 11.3 Å². The number of thiazole rings is 1. The number of benzene rings is 1. The fraction of sp³-hybridized carbons (Fsp3) is 0.400. The molecule has 1 aromatic carbocycles. The minimum Gasteiger partial charge on any atom is -0.326 e. The van der Waals surface area contributed by atoms with Gasteiger partial charge in [-0.15, -0.1) is 11.3 Å². The normalized spacial score (nSPS) is 11.8. The molecule has 96 valence electrons. The second kappa shape index (κ2) is 5.21. The highest BCUT2D eigenvalue weighted by atomic mass is 32.1. The second-order valence-electron chi connectivity index (χ2n) is 5.38. The average molecular weight is 260 g/mol. The van der Waals surface area contributed by atoms with Crippen LogP contribution in [0.4, 0.5) is 0 Å². The lowest BCUT2D eigenvalue weighted by molar-refractivity contribution is 0.478. The summed E-state index contributed by atoms with van der Waals surface area (Å²) in [5.41, 5.74) is 8.27. The van der Waals surface area contributed by atoms with Crippen molar-refractivity contribution in [2.24, 2.45) is 5.73 Å². The Morgan fingerprint density at radius 3 is 2.50 bits per heavy atom. The SMILES string of the molecule is Cc1nc(-c2ccccc2)sc1CCC(C)(C)N. The van der Waals surface area contributed by atoms with Gasteiger partial charge in [0.15, 0.2) is 0 Å². The molecule has 0 atom stereocenters. The highest BCUT2D eigenvalue weighted by molar-refractivity contribution is 7.15. The minimum atomic E-state index is -0.108. The van der Waals surface area contributed by atoms with E-state index in [1.54, 1.807) is 11.3 Å². The van der Waals surface area contributed by atoms with Crippen LogP contribution in [0.5, 0.6) is 0 Å². The number of hydrogen-bond acceptors (Lipinski definition) is 3. The molecule has 2 aromatic rings. The summed E-state index contributed by atoms with van der Waals surface area (Å²) in [5, 5.41) is 1.11. The van der Waals surface area contributed by atoms with Gasteiger partial charge in [-0.2, -0.15) is 0 Å². The van der Waals surface area contributed by atoms with Crippen LogP contribution in [0.3, 0.4) is 0 Å². The van der Waals surface area contributed by atoms with Gasteiger partial charge in [0.1, 0.15) is 5.01 Å². The highest BCUT2D eigenvalue weighted by Gasteiger charge is 2.14. The fourth-order valence-electron chi connectivity index (χ4n) is 1.80. The zero-order valence-electron chi connectivity index (χ0n) is 11.2. The summed E-state index contributed by atoms with van der Waals surface area (Å²) in [7, 11) is 0. The van der Waals surface area contributed by atoms with Crippen LogP contribution in [-0.4, -0.2) is 10.5 Å². The van der Waals surface area contributed by atoms with Gasteiger partial charge < -0.3 is 5.73 Å². The minimum absolute atomic E-state index is 0.108. The van der Waals surface area contributed by atoms with Crippen molar-refractivity contribution in [2.75, 3.05) is 0 Å². The van der Waals surface area contributed by atoms with Crippen molar-refractivity contribution in [3.8, 4) is 10.6 Å². The van der Waals surface area contributed by atoms with E-state index in [0.717, 1.165) is 23.5 Å². The monoisotopic (exact) mass is 260 g/mol. The van der Waals surface area contributed by atoms with Crippen LogP contribution < -0.4 is 5.73 Å². The van der Waals surface area contributed by atoms with Crippen LogP contribution in [0.2, 0.25) is 0 Å². The number of hydrogen-bond donors (Lipinski definition) is 1. The molecule has 0 radical (unpaired) electrons. The molecule has 0 bridgehead atoms. The maximum absolute atomic E-state index is 6.04. The fourth-order valence-corrected chi connectivity index (χ4v) is 2.87. The van der Waals surface area contributed by atoms with Gasteiger partial charge in [0.2, 0.25) is 0 Å². The zero-order chi connectivity index (χ0) is 13.2. The van der Waals surface area contributed by atoms with E-state index in [4.69, 9.17) is 5.73 Å². The van der Waals surface area contributed by atoms with Crippen LogP contribution >= 0.6 is 11.3 Å². The molecule has 0 saturated carbocycles. The van der Waals surface area contributed by atoms with Crippen molar-refractivity contribution in [3.05, 3.63) is 40.9 Å². The summed E-state index contributed by atoms with van der Waals surface area (Å²) < 4.78 is 0. The van der Waals surface area contributed by atoms with Gasteiger partial charge in [-0.1, -0.05) is 30.3 Å². The average Bonchev–Trinajstić information content (AvgIpc) is 2.68. The first-order chi connectivity index (χ1) is 8.46. The molecule has 18 heavy (non-hydrogen) atoms. The quantitative estimate of drug-likeness (QED) is 0.908. The number of nitrogens with zero attached hydrogens (tertiary/aromatic N) is 1. The number of rotatable bonds is 4. The Balaban J connectivity index is 2.17. The van der Waals surface area contributed by atoms with E-state index in [9.17, 15) is 0 Å². The molecule has 0 amide bonds. The van der Waals surface area contributed by atoms with E-state index in [2.05, 4.69) is 50.0 Å². The van der Waals surface area contributed by atoms with E-state index in [1.807, 2.05) is 6.07 Å². The first kappa shape index (κ1) is 13.2. The molecule has 1 aromatic heterocycles. The third-order valence-electron chi connectivity index (χ3n) is 2.91. The molecule has 1 heterocycles. The first-order valence-corrected chi connectivity index (χ1v) is 7.08. The van der Waals surface area contributed by atoms with Crippen molar-refractivity contribution < 1.29 is 0 Å². The molecule has 2 rings (SSSR count). The largest absolute Gasteiger partial charge is 0.326 e. The van der Waals surface area contributed by atoms with E-state index in [-0.39, 0.29) is 5.54 Å². The summed E-state index contributed by atoms with van der Waals surface area (Å²) in [6.45, 7) is 6.23. The Kier molecular flexibility index (Phi) is 3.83. The van der Waals surface area contributed by atoms with Crippen LogP contribution in [0.25, 0.3) is 10.6 Å².